The summed E-state index contributed by atoms with van der Waals surface area (Å²) in [5, 5.41) is 11.9. The molecule has 0 spiro atoms. The maximum absolute atomic E-state index is 13.7. The second-order valence-electron chi connectivity index (χ2n) is 9.56. The summed E-state index contributed by atoms with van der Waals surface area (Å²) in [4.78, 5) is 18.5. The van der Waals surface area contributed by atoms with Crippen molar-refractivity contribution in [1.82, 2.24) is 14.8 Å². The van der Waals surface area contributed by atoms with Crippen LogP contribution in [0.1, 0.15) is 43.5 Å². The predicted octanol–water partition coefficient (Wildman–Crippen LogP) is 6.59. The first-order valence-corrected chi connectivity index (χ1v) is 13.6. The number of hydrogen-bond acceptors (Lipinski definition) is 6. The third-order valence-electron chi connectivity index (χ3n) is 6.13. The van der Waals surface area contributed by atoms with Gasteiger partial charge >= 0.3 is 0 Å². The van der Waals surface area contributed by atoms with Crippen LogP contribution in [0.15, 0.2) is 95.3 Å². The Balaban J connectivity index is 1.49. The second-order valence-corrected chi connectivity index (χ2v) is 10.5. The standard InChI is InChI=1S/C30H31N5O2S/c1-19(2)37-25-15-13-23(14-16-25)27-26(28(36)32-24-12-8-9-20(3)17-24)21(4)31-29-33-30(34-35(27)29)38-18-22-10-6-5-7-11-22/h5-17,19,27H,18H2,1-4H3,(H,32,36)(H,31,33,34). The number of thioether (sulfide) groups is 1. The van der Waals surface area contributed by atoms with Gasteiger partial charge < -0.3 is 15.4 Å². The summed E-state index contributed by atoms with van der Waals surface area (Å²) >= 11 is 1.57. The number of amides is 1. The molecule has 5 rings (SSSR count). The number of aryl methyl sites for hydroxylation is 1. The summed E-state index contributed by atoms with van der Waals surface area (Å²) in [5.74, 6) is 1.95. The van der Waals surface area contributed by atoms with Crippen molar-refractivity contribution in [3.05, 3.63) is 107 Å². The van der Waals surface area contributed by atoms with Gasteiger partial charge in [-0.1, -0.05) is 66.4 Å². The number of allylic oxidation sites excluding steroid dienone is 1. The molecule has 0 saturated heterocycles. The fourth-order valence-corrected chi connectivity index (χ4v) is 5.22. The zero-order valence-corrected chi connectivity index (χ0v) is 22.8. The van der Waals surface area contributed by atoms with Crippen molar-refractivity contribution in [3.8, 4) is 5.75 Å². The lowest BCUT2D eigenvalue weighted by molar-refractivity contribution is -0.113. The normalized spacial score (nSPS) is 14.7. The van der Waals surface area contributed by atoms with E-state index in [4.69, 9.17) is 14.8 Å². The van der Waals surface area contributed by atoms with Gasteiger partial charge in [0.15, 0.2) is 0 Å². The quantitative estimate of drug-likeness (QED) is 0.253. The van der Waals surface area contributed by atoms with Gasteiger partial charge in [0.25, 0.3) is 5.91 Å². The minimum absolute atomic E-state index is 0.0728. The molecule has 1 amide bonds. The van der Waals surface area contributed by atoms with E-state index in [2.05, 4.69) is 22.8 Å². The molecule has 0 aliphatic carbocycles. The highest BCUT2D eigenvalue weighted by atomic mass is 32.2. The molecule has 0 radical (unpaired) electrons. The zero-order chi connectivity index (χ0) is 26.6. The second kappa shape index (κ2) is 11.1. The molecule has 0 saturated carbocycles. The third-order valence-corrected chi connectivity index (χ3v) is 7.04. The number of anilines is 2. The lowest BCUT2D eigenvalue weighted by Crippen LogP contribution is -2.31. The van der Waals surface area contributed by atoms with E-state index >= 15 is 0 Å². The molecule has 3 aromatic carbocycles. The number of carbonyl (C=O) groups is 1. The molecule has 38 heavy (non-hydrogen) atoms. The predicted molar refractivity (Wildman–Crippen MR) is 153 cm³/mol. The minimum Gasteiger partial charge on any atom is -0.491 e. The third kappa shape index (κ3) is 5.75. The van der Waals surface area contributed by atoms with Gasteiger partial charge in [0.05, 0.1) is 11.7 Å². The number of fused-ring (bicyclic) bond motifs is 1. The van der Waals surface area contributed by atoms with Gasteiger partial charge in [-0.2, -0.15) is 4.98 Å². The molecular weight excluding hydrogens is 494 g/mol. The number of hydrogen-bond donors (Lipinski definition) is 2. The lowest BCUT2D eigenvalue weighted by Gasteiger charge is -2.28. The monoisotopic (exact) mass is 525 g/mol. The Bertz CT molecular complexity index is 1460. The maximum atomic E-state index is 13.7. The molecular formula is C30H31N5O2S. The summed E-state index contributed by atoms with van der Waals surface area (Å²) in [6.07, 6.45) is 0.0728. The molecule has 7 nitrogen and oxygen atoms in total. The van der Waals surface area contributed by atoms with E-state index in [1.807, 2.05) is 99.1 Å². The average molecular weight is 526 g/mol. The first-order chi connectivity index (χ1) is 18.4. The van der Waals surface area contributed by atoms with Crippen LogP contribution in [0.2, 0.25) is 0 Å². The highest BCUT2D eigenvalue weighted by Crippen LogP contribution is 2.37. The number of carbonyl (C=O) groups excluding carboxylic acids is 1. The Hall–Kier alpha value is -4.04. The van der Waals surface area contributed by atoms with E-state index in [0.29, 0.717) is 16.7 Å². The van der Waals surface area contributed by atoms with Gasteiger partial charge in [-0.3, -0.25) is 4.79 Å². The summed E-state index contributed by atoms with van der Waals surface area (Å²) < 4.78 is 7.66. The maximum Gasteiger partial charge on any atom is 0.255 e. The number of nitrogens with zero attached hydrogens (tertiary/aromatic N) is 3. The Morgan fingerprint density at radius 1 is 1.05 bits per heavy atom. The summed E-state index contributed by atoms with van der Waals surface area (Å²) in [6.45, 7) is 7.90. The van der Waals surface area contributed by atoms with E-state index in [1.54, 1.807) is 11.8 Å². The van der Waals surface area contributed by atoms with Crippen LogP contribution >= 0.6 is 11.8 Å². The van der Waals surface area contributed by atoms with Gasteiger partial charge in [0.1, 0.15) is 11.8 Å². The number of nitrogens with one attached hydrogen (secondary N) is 2. The Morgan fingerprint density at radius 3 is 2.53 bits per heavy atom. The Kier molecular flexibility index (Phi) is 7.51. The Labute approximate surface area is 227 Å². The smallest absolute Gasteiger partial charge is 0.255 e. The molecule has 1 atom stereocenters. The summed E-state index contributed by atoms with van der Waals surface area (Å²) in [6, 6.07) is 25.4. The molecule has 1 unspecified atom stereocenters. The van der Waals surface area contributed by atoms with Crippen LogP contribution in [0.4, 0.5) is 11.6 Å². The van der Waals surface area contributed by atoms with Crippen LogP contribution in [-0.2, 0) is 10.5 Å². The molecule has 8 heteroatoms. The Morgan fingerprint density at radius 2 is 1.82 bits per heavy atom. The highest BCUT2D eigenvalue weighted by molar-refractivity contribution is 7.98. The largest absolute Gasteiger partial charge is 0.491 e. The molecule has 1 aliphatic heterocycles. The minimum atomic E-state index is -0.456. The number of aromatic nitrogens is 3. The van der Waals surface area contributed by atoms with E-state index in [9.17, 15) is 4.79 Å². The average Bonchev–Trinajstić information content (AvgIpc) is 3.30. The van der Waals surface area contributed by atoms with Crippen molar-refractivity contribution < 1.29 is 9.53 Å². The fourth-order valence-electron chi connectivity index (χ4n) is 4.44. The van der Waals surface area contributed by atoms with Crippen molar-refractivity contribution in [1.29, 1.82) is 0 Å². The first kappa shape index (κ1) is 25.6. The van der Waals surface area contributed by atoms with Gasteiger partial charge in [-0.05, 0) is 68.7 Å². The van der Waals surface area contributed by atoms with Crippen LogP contribution in [0.3, 0.4) is 0 Å². The van der Waals surface area contributed by atoms with Crippen LogP contribution in [0.25, 0.3) is 0 Å². The van der Waals surface area contributed by atoms with Crippen molar-refractivity contribution in [2.24, 2.45) is 0 Å². The van der Waals surface area contributed by atoms with E-state index in [1.165, 1.54) is 5.56 Å². The van der Waals surface area contributed by atoms with Crippen molar-refractivity contribution >= 4 is 29.3 Å². The van der Waals surface area contributed by atoms with Crippen LogP contribution in [0, 0.1) is 6.92 Å². The van der Waals surface area contributed by atoms with Crippen molar-refractivity contribution in [3.63, 3.8) is 0 Å². The number of ether oxygens (including phenoxy) is 1. The lowest BCUT2D eigenvalue weighted by atomic mass is 9.95. The molecule has 0 fully saturated rings. The van der Waals surface area contributed by atoms with E-state index < -0.39 is 6.04 Å². The topological polar surface area (TPSA) is 81.1 Å². The van der Waals surface area contributed by atoms with Gasteiger partial charge in [-0.25, -0.2) is 4.68 Å². The van der Waals surface area contributed by atoms with Crippen molar-refractivity contribution in [2.75, 3.05) is 10.6 Å². The molecule has 4 aromatic rings. The molecule has 1 aromatic heterocycles. The molecule has 1 aliphatic rings. The zero-order valence-electron chi connectivity index (χ0n) is 21.9. The SMILES string of the molecule is CC1=C(C(=O)Nc2cccc(C)c2)C(c2ccc(OC(C)C)cc2)n2nc(SCc3ccccc3)nc2N1. The van der Waals surface area contributed by atoms with Crippen LogP contribution in [-0.4, -0.2) is 26.8 Å². The van der Waals surface area contributed by atoms with Gasteiger partial charge in [0, 0.05) is 17.1 Å². The number of rotatable bonds is 8. The molecule has 2 heterocycles. The van der Waals surface area contributed by atoms with E-state index in [0.717, 1.165) is 34.0 Å². The molecule has 194 valence electrons. The molecule has 2 N–H and O–H groups in total. The fraction of sp³-hybridized carbons (Fsp3) is 0.233. The van der Waals surface area contributed by atoms with Crippen LogP contribution in [0.5, 0.6) is 5.75 Å². The van der Waals surface area contributed by atoms with E-state index in [-0.39, 0.29) is 12.0 Å². The number of benzene rings is 3. The molecule has 0 bridgehead atoms. The van der Waals surface area contributed by atoms with Crippen molar-refractivity contribution in [2.45, 2.75) is 50.8 Å². The van der Waals surface area contributed by atoms with Gasteiger partial charge in [0.2, 0.25) is 11.1 Å². The first-order valence-electron chi connectivity index (χ1n) is 12.6. The summed E-state index contributed by atoms with van der Waals surface area (Å²) in [5.41, 5.74) is 5.26. The highest BCUT2D eigenvalue weighted by Gasteiger charge is 2.34. The van der Waals surface area contributed by atoms with Crippen LogP contribution < -0.4 is 15.4 Å². The van der Waals surface area contributed by atoms with Gasteiger partial charge in [-0.15, -0.1) is 5.10 Å². The summed E-state index contributed by atoms with van der Waals surface area (Å²) in [7, 11) is 0.